The summed E-state index contributed by atoms with van der Waals surface area (Å²) in [6.07, 6.45) is 4.30. The van der Waals surface area contributed by atoms with E-state index in [0.717, 1.165) is 31.2 Å². The fraction of sp³-hybridized carbons (Fsp3) is 0.571. The molecule has 1 aliphatic carbocycles. The molecule has 1 aromatic carbocycles. The van der Waals surface area contributed by atoms with Crippen molar-refractivity contribution in [3.8, 4) is 0 Å². The second-order valence-electron chi connectivity index (χ2n) is 8.56. The Bertz CT molecular complexity index is 715. The molecule has 0 unspecified atom stereocenters. The van der Waals surface area contributed by atoms with Gasteiger partial charge in [0.25, 0.3) is 5.91 Å². The van der Waals surface area contributed by atoms with Gasteiger partial charge in [0.05, 0.1) is 0 Å². The molecule has 3 rings (SSSR count). The predicted octanol–water partition coefficient (Wildman–Crippen LogP) is 2.33. The lowest BCUT2D eigenvalue weighted by Crippen LogP contribution is -2.56. The summed E-state index contributed by atoms with van der Waals surface area (Å²) in [5, 5.41) is 2.93. The van der Waals surface area contributed by atoms with Crippen LogP contribution < -0.4 is 5.32 Å². The number of carbonyl (C=O) groups excluding carboxylic acids is 3. The molecule has 1 heterocycles. The van der Waals surface area contributed by atoms with Crippen molar-refractivity contribution in [1.29, 1.82) is 0 Å². The number of piperazine rings is 1. The molecular weight excluding hydrogens is 342 g/mol. The van der Waals surface area contributed by atoms with Crippen LogP contribution in [0.2, 0.25) is 0 Å². The molecule has 2 fully saturated rings. The van der Waals surface area contributed by atoms with Crippen molar-refractivity contribution in [2.45, 2.75) is 64.6 Å². The Labute approximate surface area is 160 Å². The van der Waals surface area contributed by atoms with Gasteiger partial charge in [-0.2, -0.15) is 0 Å². The highest BCUT2D eigenvalue weighted by Crippen LogP contribution is 2.25. The van der Waals surface area contributed by atoms with Gasteiger partial charge in [0.2, 0.25) is 0 Å². The largest absolute Gasteiger partial charge is 0.347 e. The maximum absolute atomic E-state index is 12.5. The second-order valence-corrected chi connectivity index (χ2v) is 8.56. The average Bonchev–Trinajstić information content (AvgIpc) is 3.12. The molecule has 1 N–H and O–H groups in total. The van der Waals surface area contributed by atoms with E-state index in [1.807, 2.05) is 32.9 Å². The van der Waals surface area contributed by atoms with E-state index in [4.69, 9.17) is 0 Å². The van der Waals surface area contributed by atoms with E-state index in [2.05, 4.69) is 5.32 Å². The van der Waals surface area contributed by atoms with Crippen LogP contribution in [0.15, 0.2) is 24.3 Å². The van der Waals surface area contributed by atoms with Crippen molar-refractivity contribution in [2.75, 3.05) is 13.1 Å². The molecule has 1 saturated carbocycles. The summed E-state index contributed by atoms with van der Waals surface area (Å²) in [5.41, 5.74) is 1.21. The van der Waals surface area contributed by atoms with Gasteiger partial charge in [0, 0.05) is 36.8 Å². The third kappa shape index (κ3) is 4.67. The van der Waals surface area contributed by atoms with Crippen molar-refractivity contribution < 1.29 is 14.4 Å². The maximum atomic E-state index is 12.5. The van der Waals surface area contributed by atoms with E-state index in [1.54, 1.807) is 21.9 Å². The summed E-state index contributed by atoms with van der Waals surface area (Å²) < 4.78 is 0. The minimum atomic E-state index is -0.414. The Balaban J connectivity index is 1.60. The molecule has 1 aliphatic heterocycles. The van der Waals surface area contributed by atoms with E-state index < -0.39 is 5.91 Å². The standard InChI is InChI=1S/C21H29N3O3/c1-21(2,3)22-18(25)16-10-8-15(9-11-16)14-23-12-13-24(20(27)19(23)26)17-6-4-5-7-17/h8-11,17H,4-7,12-14H2,1-3H3,(H,22,25). The quantitative estimate of drug-likeness (QED) is 0.826. The van der Waals surface area contributed by atoms with Crippen LogP contribution in [0.3, 0.4) is 0 Å². The molecule has 146 valence electrons. The lowest BCUT2D eigenvalue weighted by molar-refractivity contribution is -0.158. The van der Waals surface area contributed by atoms with Crippen molar-refractivity contribution in [3.05, 3.63) is 35.4 Å². The Hall–Kier alpha value is -2.37. The lowest BCUT2D eigenvalue weighted by atomic mass is 10.1. The van der Waals surface area contributed by atoms with E-state index in [9.17, 15) is 14.4 Å². The minimum absolute atomic E-state index is 0.120. The second kappa shape index (κ2) is 7.71. The third-order valence-electron chi connectivity index (χ3n) is 5.19. The Kier molecular flexibility index (Phi) is 5.53. The van der Waals surface area contributed by atoms with Gasteiger partial charge in [-0.15, -0.1) is 0 Å². The number of carbonyl (C=O) groups is 3. The normalized spacial score (nSPS) is 18.9. The summed E-state index contributed by atoms with van der Waals surface area (Å²) in [7, 11) is 0. The zero-order valence-electron chi connectivity index (χ0n) is 16.5. The van der Waals surface area contributed by atoms with E-state index in [1.165, 1.54) is 0 Å². The molecule has 1 aromatic rings. The summed E-state index contributed by atoms with van der Waals surface area (Å²) in [5.74, 6) is -0.900. The van der Waals surface area contributed by atoms with Crippen LogP contribution in [-0.2, 0) is 16.1 Å². The van der Waals surface area contributed by atoms with Crippen LogP contribution in [0.5, 0.6) is 0 Å². The molecule has 0 spiro atoms. The first-order valence-electron chi connectivity index (χ1n) is 9.76. The Morgan fingerprint density at radius 3 is 2.26 bits per heavy atom. The van der Waals surface area contributed by atoms with Crippen LogP contribution in [0.25, 0.3) is 0 Å². The van der Waals surface area contributed by atoms with Gasteiger partial charge in [-0.1, -0.05) is 25.0 Å². The fourth-order valence-electron chi connectivity index (χ4n) is 3.80. The molecule has 0 bridgehead atoms. The molecule has 2 aliphatic rings. The maximum Gasteiger partial charge on any atom is 0.312 e. The van der Waals surface area contributed by atoms with Crippen LogP contribution in [0.1, 0.15) is 62.4 Å². The first-order valence-corrected chi connectivity index (χ1v) is 9.76. The molecule has 3 amide bonds. The van der Waals surface area contributed by atoms with Gasteiger partial charge < -0.3 is 15.1 Å². The number of amides is 3. The topological polar surface area (TPSA) is 69.7 Å². The van der Waals surface area contributed by atoms with Gasteiger partial charge in [0.15, 0.2) is 0 Å². The molecule has 0 atom stereocenters. The molecule has 6 nitrogen and oxygen atoms in total. The molecule has 0 aromatic heterocycles. The van der Waals surface area contributed by atoms with Gasteiger partial charge >= 0.3 is 11.8 Å². The van der Waals surface area contributed by atoms with Crippen molar-refractivity contribution in [3.63, 3.8) is 0 Å². The third-order valence-corrected chi connectivity index (χ3v) is 5.19. The van der Waals surface area contributed by atoms with Gasteiger partial charge in [-0.3, -0.25) is 14.4 Å². The Morgan fingerprint density at radius 2 is 1.67 bits per heavy atom. The van der Waals surface area contributed by atoms with Crippen LogP contribution >= 0.6 is 0 Å². The van der Waals surface area contributed by atoms with Crippen molar-refractivity contribution in [1.82, 2.24) is 15.1 Å². The fourth-order valence-corrected chi connectivity index (χ4v) is 3.80. The lowest BCUT2D eigenvalue weighted by Gasteiger charge is -2.37. The average molecular weight is 371 g/mol. The smallest absolute Gasteiger partial charge is 0.312 e. The number of nitrogens with one attached hydrogen (secondary N) is 1. The molecule has 27 heavy (non-hydrogen) atoms. The van der Waals surface area contributed by atoms with Gasteiger partial charge in [0.1, 0.15) is 0 Å². The molecule has 6 heteroatoms. The molecule has 0 radical (unpaired) electrons. The molecule has 1 saturated heterocycles. The number of hydrogen-bond acceptors (Lipinski definition) is 3. The van der Waals surface area contributed by atoms with Crippen LogP contribution in [-0.4, -0.2) is 52.2 Å². The summed E-state index contributed by atoms with van der Waals surface area (Å²) in [6.45, 7) is 7.38. The number of benzene rings is 1. The first-order chi connectivity index (χ1) is 12.7. The van der Waals surface area contributed by atoms with Crippen LogP contribution in [0, 0.1) is 0 Å². The number of nitrogens with zero attached hydrogens (tertiary/aromatic N) is 2. The van der Waals surface area contributed by atoms with Gasteiger partial charge in [-0.25, -0.2) is 0 Å². The first kappa shape index (κ1) is 19.4. The van der Waals surface area contributed by atoms with E-state index in [-0.39, 0.29) is 23.4 Å². The highest BCUT2D eigenvalue weighted by molar-refractivity contribution is 6.35. The van der Waals surface area contributed by atoms with Crippen molar-refractivity contribution >= 4 is 17.7 Å². The van der Waals surface area contributed by atoms with Gasteiger partial charge in [-0.05, 0) is 51.3 Å². The number of rotatable bonds is 4. The van der Waals surface area contributed by atoms with Crippen LogP contribution in [0.4, 0.5) is 0 Å². The van der Waals surface area contributed by atoms with E-state index >= 15 is 0 Å². The summed E-state index contributed by atoms with van der Waals surface area (Å²) in [6, 6.07) is 7.45. The minimum Gasteiger partial charge on any atom is -0.347 e. The molecular formula is C21H29N3O3. The van der Waals surface area contributed by atoms with Crippen molar-refractivity contribution in [2.24, 2.45) is 0 Å². The van der Waals surface area contributed by atoms with E-state index in [0.29, 0.717) is 25.2 Å². The zero-order chi connectivity index (χ0) is 19.6. The predicted molar refractivity (Wildman–Crippen MR) is 103 cm³/mol. The summed E-state index contributed by atoms with van der Waals surface area (Å²) >= 11 is 0. The zero-order valence-corrected chi connectivity index (χ0v) is 16.5. The summed E-state index contributed by atoms with van der Waals surface area (Å²) in [4.78, 5) is 40.5. The Morgan fingerprint density at radius 1 is 1.04 bits per heavy atom. The highest BCUT2D eigenvalue weighted by atomic mass is 16.2. The number of hydrogen-bond donors (Lipinski definition) is 1. The monoisotopic (exact) mass is 371 g/mol. The SMILES string of the molecule is CC(C)(C)NC(=O)c1ccc(CN2CCN(C3CCCC3)C(=O)C2=O)cc1. The highest BCUT2D eigenvalue weighted by Gasteiger charge is 2.37.